The Morgan fingerprint density at radius 1 is 1.14 bits per heavy atom. The van der Waals surface area contributed by atoms with Crippen molar-refractivity contribution in [1.29, 1.82) is 0 Å². The molecule has 2 rings (SSSR count). The highest BCUT2D eigenvalue weighted by Crippen LogP contribution is 2.37. The molecule has 0 aliphatic carbocycles. The average Bonchev–Trinajstić information content (AvgIpc) is 2.53. The van der Waals surface area contributed by atoms with Crippen LogP contribution in [0, 0.1) is 0 Å². The molecule has 0 saturated heterocycles. The Bertz CT molecular complexity index is 587. The standard InChI is InChI=1S/C16H21N3O2/c1-4-10-17-16-15(20-3)14(18-11-19-16)12-8-6-7-9-13(12)21-5-2/h6-9,11H,4-5,10H2,1-3H3,(H,17,18,19). The van der Waals surface area contributed by atoms with Crippen LogP contribution in [0.5, 0.6) is 11.5 Å². The molecule has 0 aliphatic rings. The summed E-state index contributed by atoms with van der Waals surface area (Å²) in [5.41, 5.74) is 1.63. The van der Waals surface area contributed by atoms with Crippen LogP contribution in [0.4, 0.5) is 5.82 Å². The highest BCUT2D eigenvalue weighted by molar-refractivity contribution is 5.76. The second-order valence-electron chi connectivity index (χ2n) is 4.46. The summed E-state index contributed by atoms with van der Waals surface area (Å²) in [5.74, 6) is 2.13. The van der Waals surface area contributed by atoms with Gasteiger partial charge in [-0.1, -0.05) is 19.1 Å². The molecular weight excluding hydrogens is 266 g/mol. The first-order valence-corrected chi connectivity index (χ1v) is 7.16. The number of benzene rings is 1. The second kappa shape index (κ2) is 7.47. The topological polar surface area (TPSA) is 56.3 Å². The van der Waals surface area contributed by atoms with Gasteiger partial charge in [-0.2, -0.15) is 0 Å². The molecule has 0 saturated carbocycles. The number of methoxy groups -OCH3 is 1. The number of rotatable bonds is 7. The van der Waals surface area contributed by atoms with E-state index in [1.165, 1.54) is 0 Å². The molecule has 0 aliphatic heterocycles. The molecule has 1 heterocycles. The minimum Gasteiger partial charge on any atom is -0.493 e. The molecule has 0 bridgehead atoms. The number of aromatic nitrogens is 2. The number of nitrogens with zero attached hydrogens (tertiary/aromatic N) is 2. The van der Waals surface area contributed by atoms with Crippen molar-refractivity contribution >= 4 is 5.82 Å². The highest BCUT2D eigenvalue weighted by atomic mass is 16.5. The molecule has 1 N–H and O–H groups in total. The van der Waals surface area contributed by atoms with E-state index >= 15 is 0 Å². The smallest absolute Gasteiger partial charge is 0.187 e. The third-order valence-electron chi connectivity index (χ3n) is 2.99. The maximum absolute atomic E-state index is 5.68. The van der Waals surface area contributed by atoms with Crippen molar-refractivity contribution in [1.82, 2.24) is 9.97 Å². The van der Waals surface area contributed by atoms with Crippen LogP contribution in [0.15, 0.2) is 30.6 Å². The monoisotopic (exact) mass is 287 g/mol. The maximum atomic E-state index is 5.68. The lowest BCUT2D eigenvalue weighted by Crippen LogP contribution is -2.06. The Hall–Kier alpha value is -2.30. The Kier molecular flexibility index (Phi) is 5.37. The number of hydrogen-bond acceptors (Lipinski definition) is 5. The lowest BCUT2D eigenvalue weighted by atomic mass is 10.1. The average molecular weight is 287 g/mol. The lowest BCUT2D eigenvalue weighted by molar-refractivity contribution is 0.341. The number of anilines is 1. The van der Waals surface area contributed by atoms with E-state index in [0.29, 0.717) is 18.2 Å². The summed E-state index contributed by atoms with van der Waals surface area (Å²) >= 11 is 0. The van der Waals surface area contributed by atoms with Crippen LogP contribution in [-0.2, 0) is 0 Å². The van der Waals surface area contributed by atoms with E-state index in [4.69, 9.17) is 9.47 Å². The fourth-order valence-electron chi connectivity index (χ4n) is 2.07. The predicted molar refractivity (Wildman–Crippen MR) is 84.0 cm³/mol. The van der Waals surface area contributed by atoms with Gasteiger partial charge in [0, 0.05) is 12.1 Å². The normalized spacial score (nSPS) is 10.2. The SMILES string of the molecule is CCCNc1ncnc(-c2ccccc2OCC)c1OC. The van der Waals surface area contributed by atoms with Gasteiger partial charge in [-0.05, 0) is 25.5 Å². The summed E-state index contributed by atoms with van der Waals surface area (Å²) in [5, 5.41) is 3.26. The fourth-order valence-corrected chi connectivity index (χ4v) is 2.07. The summed E-state index contributed by atoms with van der Waals surface area (Å²) in [4.78, 5) is 8.64. The summed E-state index contributed by atoms with van der Waals surface area (Å²) in [6.07, 6.45) is 2.55. The Morgan fingerprint density at radius 3 is 2.67 bits per heavy atom. The van der Waals surface area contributed by atoms with Gasteiger partial charge in [0.2, 0.25) is 0 Å². The fraction of sp³-hybridized carbons (Fsp3) is 0.375. The molecule has 5 nitrogen and oxygen atoms in total. The molecule has 0 spiro atoms. The van der Waals surface area contributed by atoms with Crippen molar-refractivity contribution in [2.75, 3.05) is 25.6 Å². The van der Waals surface area contributed by atoms with Crippen molar-refractivity contribution < 1.29 is 9.47 Å². The van der Waals surface area contributed by atoms with Gasteiger partial charge in [0.1, 0.15) is 17.8 Å². The quantitative estimate of drug-likeness (QED) is 0.846. The lowest BCUT2D eigenvalue weighted by Gasteiger charge is -2.15. The molecule has 0 amide bonds. The van der Waals surface area contributed by atoms with Crippen molar-refractivity contribution in [3.8, 4) is 22.8 Å². The Balaban J connectivity index is 2.48. The van der Waals surface area contributed by atoms with Crippen LogP contribution in [0.25, 0.3) is 11.3 Å². The summed E-state index contributed by atoms with van der Waals surface area (Å²) < 4.78 is 11.2. The first-order chi connectivity index (χ1) is 10.3. The second-order valence-corrected chi connectivity index (χ2v) is 4.46. The van der Waals surface area contributed by atoms with Crippen LogP contribution in [0.2, 0.25) is 0 Å². The van der Waals surface area contributed by atoms with Gasteiger partial charge >= 0.3 is 0 Å². The van der Waals surface area contributed by atoms with E-state index in [1.54, 1.807) is 13.4 Å². The molecular formula is C16H21N3O2. The molecule has 1 aromatic heterocycles. The summed E-state index contributed by atoms with van der Waals surface area (Å²) in [6.45, 7) is 5.50. The van der Waals surface area contributed by atoms with Crippen LogP contribution in [-0.4, -0.2) is 30.2 Å². The number of hydrogen-bond donors (Lipinski definition) is 1. The van der Waals surface area contributed by atoms with Gasteiger partial charge in [-0.25, -0.2) is 9.97 Å². The van der Waals surface area contributed by atoms with Gasteiger partial charge in [0.25, 0.3) is 0 Å². The van der Waals surface area contributed by atoms with E-state index in [2.05, 4.69) is 22.2 Å². The van der Waals surface area contributed by atoms with Crippen LogP contribution in [0.1, 0.15) is 20.3 Å². The van der Waals surface area contributed by atoms with Crippen molar-refractivity contribution in [3.05, 3.63) is 30.6 Å². The van der Waals surface area contributed by atoms with E-state index in [9.17, 15) is 0 Å². The van der Waals surface area contributed by atoms with Gasteiger partial charge < -0.3 is 14.8 Å². The minimum absolute atomic E-state index is 0.603. The van der Waals surface area contributed by atoms with Crippen LogP contribution >= 0.6 is 0 Å². The van der Waals surface area contributed by atoms with Crippen molar-refractivity contribution in [2.24, 2.45) is 0 Å². The van der Waals surface area contributed by atoms with E-state index in [0.717, 1.165) is 30.0 Å². The maximum Gasteiger partial charge on any atom is 0.187 e. The zero-order valence-corrected chi connectivity index (χ0v) is 12.7. The molecule has 112 valence electrons. The molecule has 2 aromatic rings. The number of para-hydroxylation sites is 1. The Labute approximate surface area is 125 Å². The van der Waals surface area contributed by atoms with E-state index < -0.39 is 0 Å². The van der Waals surface area contributed by atoms with Crippen molar-refractivity contribution in [2.45, 2.75) is 20.3 Å². The zero-order chi connectivity index (χ0) is 15.1. The molecule has 1 aromatic carbocycles. The number of nitrogens with one attached hydrogen (secondary N) is 1. The zero-order valence-electron chi connectivity index (χ0n) is 12.7. The molecule has 0 atom stereocenters. The Morgan fingerprint density at radius 2 is 1.95 bits per heavy atom. The molecule has 0 radical (unpaired) electrons. The van der Waals surface area contributed by atoms with Crippen molar-refractivity contribution in [3.63, 3.8) is 0 Å². The third kappa shape index (κ3) is 3.42. The molecule has 0 fully saturated rings. The summed E-state index contributed by atoms with van der Waals surface area (Å²) in [6, 6.07) is 7.80. The van der Waals surface area contributed by atoms with Gasteiger partial charge in [0.05, 0.1) is 13.7 Å². The van der Waals surface area contributed by atoms with Gasteiger partial charge in [0.15, 0.2) is 11.6 Å². The number of ether oxygens (including phenoxy) is 2. The van der Waals surface area contributed by atoms with E-state index in [1.807, 2.05) is 31.2 Å². The summed E-state index contributed by atoms with van der Waals surface area (Å²) in [7, 11) is 1.63. The molecule has 5 heteroatoms. The van der Waals surface area contributed by atoms with Gasteiger partial charge in [-0.3, -0.25) is 0 Å². The molecule has 21 heavy (non-hydrogen) atoms. The first kappa shape index (κ1) is 15.1. The first-order valence-electron chi connectivity index (χ1n) is 7.16. The largest absolute Gasteiger partial charge is 0.493 e. The van der Waals surface area contributed by atoms with E-state index in [-0.39, 0.29) is 0 Å². The molecule has 0 unspecified atom stereocenters. The minimum atomic E-state index is 0.603. The predicted octanol–water partition coefficient (Wildman–Crippen LogP) is 3.37. The third-order valence-corrected chi connectivity index (χ3v) is 2.99. The van der Waals surface area contributed by atoms with Gasteiger partial charge in [-0.15, -0.1) is 0 Å². The highest BCUT2D eigenvalue weighted by Gasteiger charge is 2.16. The van der Waals surface area contributed by atoms with Crippen LogP contribution < -0.4 is 14.8 Å². The van der Waals surface area contributed by atoms with Crippen LogP contribution in [0.3, 0.4) is 0 Å².